The molecule has 0 bridgehead atoms. The molecule has 0 aliphatic carbocycles. The van der Waals surface area contributed by atoms with Gasteiger partial charge in [0.1, 0.15) is 0 Å². The van der Waals surface area contributed by atoms with Crippen molar-refractivity contribution >= 4 is 102 Å². The maximum Gasteiger partial charge on any atom is 0.241 e. The van der Waals surface area contributed by atoms with Gasteiger partial charge in [-0.15, -0.1) is 0 Å². The third-order valence-electron chi connectivity index (χ3n) is 4.73. The maximum atomic E-state index is 12.4. The summed E-state index contributed by atoms with van der Waals surface area (Å²) in [5, 5.41) is 7.36. The molecular formula is C22H15Cl2I2N3O. The summed E-state index contributed by atoms with van der Waals surface area (Å²) in [6.45, 7) is 0.551. The first-order valence-electron chi connectivity index (χ1n) is 9.07. The molecule has 0 saturated carbocycles. The molecule has 0 spiro atoms. The number of aromatic nitrogens is 1. The number of rotatable bonds is 5. The second-order valence-electron chi connectivity index (χ2n) is 6.65. The average Bonchev–Trinajstić information content (AvgIpc) is 3.01. The van der Waals surface area contributed by atoms with E-state index in [1.54, 1.807) is 18.2 Å². The van der Waals surface area contributed by atoms with Crippen LogP contribution < -0.4 is 5.43 Å². The van der Waals surface area contributed by atoms with Crippen LogP contribution >= 0.6 is 68.4 Å². The summed E-state index contributed by atoms with van der Waals surface area (Å²) < 4.78 is 4.55. The van der Waals surface area contributed by atoms with Crippen LogP contribution in [0.25, 0.3) is 21.8 Å². The largest absolute Gasteiger partial charge is 0.340 e. The van der Waals surface area contributed by atoms with E-state index in [2.05, 4.69) is 96.7 Å². The van der Waals surface area contributed by atoms with Gasteiger partial charge in [-0.25, -0.2) is 5.43 Å². The van der Waals surface area contributed by atoms with Crippen molar-refractivity contribution in [3.05, 3.63) is 77.3 Å². The molecule has 0 atom stereocenters. The number of hydrazone groups is 1. The summed E-state index contributed by atoms with van der Waals surface area (Å²) in [4.78, 5) is 12.4. The van der Waals surface area contributed by atoms with E-state index in [1.807, 2.05) is 0 Å². The topological polar surface area (TPSA) is 46.4 Å². The van der Waals surface area contributed by atoms with Crippen LogP contribution in [0, 0.1) is 7.14 Å². The minimum absolute atomic E-state index is 0.180. The average molecular weight is 662 g/mol. The molecule has 1 amide bonds. The van der Waals surface area contributed by atoms with Gasteiger partial charge in [0.15, 0.2) is 0 Å². The Morgan fingerprint density at radius 3 is 2.10 bits per heavy atom. The Hall–Kier alpha value is -1.36. The van der Waals surface area contributed by atoms with Crippen molar-refractivity contribution in [3.8, 4) is 0 Å². The second kappa shape index (κ2) is 9.42. The first kappa shape index (κ1) is 21.9. The molecule has 4 aromatic rings. The summed E-state index contributed by atoms with van der Waals surface area (Å²) >= 11 is 16.9. The van der Waals surface area contributed by atoms with E-state index in [4.69, 9.17) is 23.2 Å². The van der Waals surface area contributed by atoms with Gasteiger partial charge in [0.05, 0.1) is 16.3 Å². The first-order chi connectivity index (χ1) is 14.4. The molecule has 0 aliphatic rings. The van der Waals surface area contributed by atoms with Crippen LogP contribution in [0.2, 0.25) is 10.0 Å². The minimum Gasteiger partial charge on any atom is -0.340 e. The fourth-order valence-electron chi connectivity index (χ4n) is 3.36. The Bertz CT molecular complexity index is 1220. The quantitative estimate of drug-likeness (QED) is 0.142. The van der Waals surface area contributed by atoms with Crippen molar-refractivity contribution in [1.82, 2.24) is 9.99 Å². The van der Waals surface area contributed by atoms with Crippen LogP contribution in [0.4, 0.5) is 0 Å². The van der Waals surface area contributed by atoms with E-state index < -0.39 is 0 Å². The lowest BCUT2D eigenvalue weighted by Crippen LogP contribution is -2.19. The van der Waals surface area contributed by atoms with Gasteiger partial charge >= 0.3 is 0 Å². The lowest BCUT2D eigenvalue weighted by Gasteiger charge is -2.07. The lowest BCUT2D eigenvalue weighted by molar-refractivity contribution is -0.121. The Morgan fingerprint density at radius 2 is 1.53 bits per heavy atom. The van der Waals surface area contributed by atoms with Crippen molar-refractivity contribution in [1.29, 1.82) is 0 Å². The summed E-state index contributed by atoms with van der Waals surface area (Å²) in [6, 6.07) is 18.0. The highest BCUT2D eigenvalue weighted by Crippen LogP contribution is 2.31. The zero-order valence-electron chi connectivity index (χ0n) is 15.5. The molecule has 1 N–H and O–H groups in total. The number of fused-ring (bicyclic) bond motifs is 3. The zero-order chi connectivity index (χ0) is 21.3. The molecule has 4 nitrogen and oxygen atoms in total. The molecule has 0 radical (unpaired) electrons. The highest BCUT2D eigenvalue weighted by Gasteiger charge is 2.12. The minimum atomic E-state index is -0.180. The highest BCUT2D eigenvalue weighted by atomic mass is 127. The van der Waals surface area contributed by atoms with Crippen LogP contribution in [0.1, 0.15) is 12.0 Å². The van der Waals surface area contributed by atoms with Gasteiger partial charge in [0.2, 0.25) is 5.91 Å². The molecule has 0 aliphatic heterocycles. The lowest BCUT2D eigenvalue weighted by atomic mass is 10.2. The maximum absolute atomic E-state index is 12.4. The normalized spacial score (nSPS) is 11.6. The molecule has 0 fully saturated rings. The zero-order valence-corrected chi connectivity index (χ0v) is 21.3. The first-order valence-corrected chi connectivity index (χ1v) is 12.0. The van der Waals surface area contributed by atoms with Crippen molar-refractivity contribution < 1.29 is 4.79 Å². The fourth-order valence-corrected chi connectivity index (χ4v) is 4.84. The molecular weight excluding hydrogens is 647 g/mol. The SMILES string of the molecule is O=C(CCn1c2ccc(I)cc2c2cc(I)ccc21)NN=Cc1c(Cl)cccc1Cl. The van der Waals surface area contributed by atoms with Crippen LogP contribution in [-0.4, -0.2) is 16.7 Å². The number of carbonyl (C=O) groups is 1. The van der Waals surface area contributed by atoms with E-state index in [-0.39, 0.29) is 5.91 Å². The van der Waals surface area contributed by atoms with Crippen molar-refractivity contribution in [2.45, 2.75) is 13.0 Å². The molecule has 152 valence electrons. The van der Waals surface area contributed by atoms with Gasteiger partial charge < -0.3 is 4.57 Å². The number of aryl methyl sites for hydroxylation is 1. The number of amides is 1. The molecule has 3 aromatic carbocycles. The second-order valence-corrected chi connectivity index (χ2v) is 9.96. The van der Waals surface area contributed by atoms with Crippen LogP contribution in [0.5, 0.6) is 0 Å². The monoisotopic (exact) mass is 661 g/mol. The number of halogens is 4. The highest BCUT2D eigenvalue weighted by molar-refractivity contribution is 14.1. The third-order valence-corrected chi connectivity index (χ3v) is 6.74. The van der Waals surface area contributed by atoms with E-state index in [1.165, 1.54) is 24.1 Å². The van der Waals surface area contributed by atoms with E-state index in [0.717, 1.165) is 11.0 Å². The third kappa shape index (κ3) is 4.61. The number of nitrogens with one attached hydrogen (secondary N) is 1. The standard InChI is InChI=1S/C22H15Cl2I2N3O/c23-18-2-1-3-19(24)17(18)12-27-28-22(30)8-9-29-20-6-4-13(25)10-15(20)16-11-14(26)5-7-21(16)29/h1-7,10-12H,8-9H2,(H,28,30). The van der Waals surface area contributed by atoms with Crippen molar-refractivity contribution in [3.63, 3.8) is 0 Å². The molecule has 1 aromatic heterocycles. The Labute approximate surface area is 210 Å². The van der Waals surface area contributed by atoms with Gasteiger partial charge in [-0.05, 0) is 93.7 Å². The molecule has 8 heteroatoms. The molecule has 1 heterocycles. The smallest absolute Gasteiger partial charge is 0.241 e. The van der Waals surface area contributed by atoms with Crippen molar-refractivity contribution in [2.24, 2.45) is 5.10 Å². The van der Waals surface area contributed by atoms with Crippen LogP contribution in [0.3, 0.4) is 0 Å². The number of nitrogens with zero attached hydrogens (tertiary/aromatic N) is 2. The predicted octanol–water partition coefficient (Wildman–Crippen LogP) is 6.85. The Morgan fingerprint density at radius 1 is 0.967 bits per heavy atom. The van der Waals surface area contributed by atoms with Gasteiger partial charge in [-0.3, -0.25) is 4.79 Å². The number of hydrogen-bond donors (Lipinski definition) is 1. The van der Waals surface area contributed by atoms with Crippen LogP contribution in [0.15, 0.2) is 59.7 Å². The van der Waals surface area contributed by atoms with Crippen LogP contribution in [-0.2, 0) is 11.3 Å². The number of carbonyl (C=O) groups excluding carboxylic acids is 1. The fraction of sp³-hybridized carbons (Fsp3) is 0.0909. The summed E-state index contributed by atoms with van der Waals surface area (Å²) in [6.07, 6.45) is 1.76. The van der Waals surface area contributed by atoms with Crippen molar-refractivity contribution in [2.75, 3.05) is 0 Å². The predicted molar refractivity (Wildman–Crippen MR) is 142 cm³/mol. The van der Waals surface area contributed by atoms with Gasteiger partial charge in [0, 0.05) is 47.5 Å². The molecule has 4 rings (SSSR count). The van der Waals surface area contributed by atoms with E-state index in [0.29, 0.717) is 28.6 Å². The molecule has 30 heavy (non-hydrogen) atoms. The van der Waals surface area contributed by atoms with E-state index in [9.17, 15) is 4.79 Å². The molecule has 0 saturated heterocycles. The summed E-state index contributed by atoms with van der Waals surface area (Å²) in [7, 11) is 0. The Balaban J connectivity index is 1.53. The Kier molecular flexibility index (Phi) is 6.86. The number of hydrogen-bond acceptors (Lipinski definition) is 2. The van der Waals surface area contributed by atoms with E-state index >= 15 is 0 Å². The summed E-state index contributed by atoms with van der Waals surface area (Å²) in [5.41, 5.74) is 5.37. The van der Waals surface area contributed by atoms with Gasteiger partial charge in [0.25, 0.3) is 0 Å². The summed E-state index contributed by atoms with van der Waals surface area (Å²) in [5.74, 6) is -0.180. The number of benzene rings is 3. The van der Waals surface area contributed by atoms with Gasteiger partial charge in [-0.2, -0.15) is 5.10 Å². The molecule has 0 unspecified atom stereocenters. The van der Waals surface area contributed by atoms with Gasteiger partial charge in [-0.1, -0.05) is 29.3 Å².